The molecule has 0 saturated carbocycles. The van der Waals surface area contributed by atoms with Crippen molar-refractivity contribution in [2.24, 2.45) is 0 Å². The predicted octanol–water partition coefficient (Wildman–Crippen LogP) is 4.43. The first-order valence-corrected chi connectivity index (χ1v) is 10.8. The number of nitrogens with zero attached hydrogens (tertiary/aromatic N) is 1. The van der Waals surface area contributed by atoms with E-state index in [0.717, 1.165) is 16.8 Å². The van der Waals surface area contributed by atoms with Crippen LogP contribution in [0, 0.1) is 0 Å². The molecular weight excluding hydrogens is 394 g/mol. The van der Waals surface area contributed by atoms with Gasteiger partial charge in [-0.05, 0) is 60.9 Å². The quantitative estimate of drug-likeness (QED) is 0.571. The number of nitrogens with one attached hydrogen (secondary N) is 2. The fraction of sp³-hybridized carbons (Fsp3) is 0.190. The molecule has 1 atom stereocenters. The number of aromatic nitrogens is 1. The van der Waals surface area contributed by atoms with Gasteiger partial charge in [0.25, 0.3) is 0 Å². The summed E-state index contributed by atoms with van der Waals surface area (Å²) in [7, 11) is -3.53. The van der Waals surface area contributed by atoms with Gasteiger partial charge in [0, 0.05) is 35.7 Å². The molecule has 0 aliphatic rings. The number of hydrogen-bond acceptors (Lipinski definition) is 4. The topological polar surface area (TPSA) is 71.1 Å². The number of sulfonamides is 1. The van der Waals surface area contributed by atoms with Crippen LogP contribution in [0.2, 0.25) is 5.02 Å². The number of anilines is 1. The van der Waals surface area contributed by atoms with Gasteiger partial charge in [0.05, 0.1) is 4.90 Å². The van der Waals surface area contributed by atoms with Gasteiger partial charge in [-0.15, -0.1) is 0 Å². The molecule has 5 nitrogen and oxygen atoms in total. The minimum absolute atomic E-state index is 0.153. The SMILES string of the molecule is CC(Nc1ccncc1)c1ccc(CCNS(=O)(=O)c2ccc(Cl)cc2)cc1. The molecule has 0 bridgehead atoms. The van der Waals surface area contributed by atoms with Crippen LogP contribution in [0.5, 0.6) is 0 Å². The van der Waals surface area contributed by atoms with E-state index in [4.69, 9.17) is 11.6 Å². The Bertz CT molecular complexity index is 992. The van der Waals surface area contributed by atoms with Gasteiger partial charge in [-0.3, -0.25) is 4.98 Å². The minimum atomic E-state index is -3.53. The molecule has 2 aromatic carbocycles. The van der Waals surface area contributed by atoms with Gasteiger partial charge < -0.3 is 5.32 Å². The third kappa shape index (κ3) is 5.55. The molecule has 3 aromatic rings. The molecule has 0 spiro atoms. The first kappa shape index (κ1) is 20.3. The molecule has 146 valence electrons. The molecule has 0 radical (unpaired) electrons. The number of halogens is 1. The molecule has 0 aliphatic heterocycles. The minimum Gasteiger partial charge on any atom is -0.378 e. The van der Waals surface area contributed by atoms with Crippen LogP contribution < -0.4 is 10.0 Å². The van der Waals surface area contributed by atoms with Crippen molar-refractivity contribution in [1.29, 1.82) is 0 Å². The summed E-state index contributed by atoms with van der Waals surface area (Å²) in [6.45, 7) is 2.42. The summed E-state index contributed by atoms with van der Waals surface area (Å²) in [5.41, 5.74) is 3.24. The Balaban J connectivity index is 1.53. The van der Waals surface area contributed by atoms with Crippen LogP contribution in [0.25, 0.3) is 0 Å². The van der Waals surface area contributed by atoms with Crippen LogP contribution >= 0.6 is 11.6 Å². The molecule has 1 heterocycles. The summed E-state index contributed by atoms with van der Waals surface area (Å²) in [4.78, 5) is 4.22. The average molecular weight is 416 g/mol. The Hall–Kier alpha value is -2.41. The number of rotatable bonds is 8. The predicted molar refractivity (Wildman–Crippen MR) is 113 cm³/mol. The Morgan fingerprint density at radius 2 is 1.61 bits per heavy atom. The second kappa shape index (κ2) is 9.19. The zero-order valence-electron chi connectivity index (χ0n) is 15.5. The Morgan fingerprint density at radius 1 is 0.964 bits per heavy atom. The molecule has 7 heteroatoms. The molecular formula is C21H22ClN3O2S. The molecule has 0 fully saturated rings. The van der Waals surface area contributed by atoms with Crippen LogP contribution in [-0.2, 0) is 16.4 Å². The van der Waals surface area contributed by atoms with Crippen LogP contribution in [0.15, 0.2) is 78.0 Å². The maximum absolute atomic E-state index is 12.3. The molecule has 0 aliphatic carbocycles. The molecule has 3 rings (SSSR count). The van der Waals surface area contributed by atoms with Crippen molar-refractivity contribution in [2.45, 2.75) is 24.3 Å². The van der Waals surface area contributed by atoms with E-state index in [0.29, 0.717) is 18.0 Å². The second-order valence-corrected chi connectivity index (χ2v) is 8.65. The van der Waals surface area contributed by atoms with Gasteiger partial charge in [0.2, 0.25) is 10.0 Å². The van der Waals surface area contributed by atoms with Gasteiger partial charge in [-0.1, -0.05) is 35.9 Å². The van der Waals surface area contributed by atoms with E-state index < -0.39 is 10.0 Å². The summed E-state index contributed by atoms with van der Waals surface area (Å²) in [6, 6.07) is 18.3. The molecule has 0 saturated heterocycles. The molecule has 1 aromatic heterocycles. The van der Waals surface area contributed by atoms with Crippen LogP contribution in [0.3, 0.4) is 0 Å². The van der Waals surface area contributed by atoms with Crippen molar-refractivity contribution in [3.05, 3.63) is 89.2 Å². The lowest BCUT2D eigenvalue weighted by molar-refractivity contribution is 0.581. The third-order valence-corrected chi connectivity index (χ3v) is 6.10. The third-order valence-electron chi connectivity index (χ3n) is 4.37. The van der Waals surface area contributed by atoms with E-state index in [2.05, 4.69) is 34.1 Å². The number of benzene rings is 2. The molecule has 2 N–H and O–H groups in total. The first-order chi connectivity index (χ1) is 13.4. The zero-order chi connectivity index (χ0) is 20.0. The van der Waals surface area contributed by atoms with Gasteiger partial charge in [0.1, 0.15) is 0 Å². The summed E-state index contributed by atoms with van der Waals surface area (Å²) >= 11 is 5.80. The summed E-state index contributed by atoms with van der Waals surface area (Å²) < 4.78 is 27.2. The van der Waals surface area contributed by atoms with Crippen molar-refractivity contribution in [3.63, 3.8) is 0 Å². The monoisotopic (exact) mass is 415 g/mol. The molecule has 1 unspecified atom stereocenters. The van der Waals surface area contributed by atoms with E-state index in [1.807, 2.05) is 24.3 Å². The highest BCUT2D eigenvalue weighted by atomic mass is 35.5. The van der Waals surface area contributed by atoms with E-state index in [1.165, 1.54) is 12.1 Å². The maximum Gasteiger partial charge on any atom is 0.240 e. The largest absolute Gasteiger partial charge is 0.378 e. The van der Waals surface area contributed by atoms with Crippen LogP contribution in [-0.4, -0.2) is 19.9 Å². The van der Waals surface area contributed by atoms with E-state index in [9.17, 15) is 8.42 Å². The van der Waals surface area contributed by atoms with Gasteiger partial charge >= 0.3 is 0 Å². The van der Waals surface area contributed by atoms with E-state index >= 15 is 0 Å². The van der Waals surface area contributed by atoms with E-state index in [-0.39, 0.29) is 10.9 Å². The van der Waals surface area contributed by atoms with Crippen molar-refractivity contribution < 1.29 is 8.42 Å². The fourth-order valence-electron chi connectivity index (χ4n) is 2.78. The second-order valence-electron chi connectivity index (χ2n) is 6.45. The highest BCUT2D eigenvalue weighted by Gasteiger charge is 2.13. The summed E-state index contributed by atoms with van der Waals surface area (Å²) in [5.74, 6) is 0. The van der Waals surface area contributed by atoms with Crippen molar-refractivity contribution in [3.8, 4) is 0 Å². The van der Waals surface area contributed by atoms with Crippen molar-refractivity contribution >= 4 is 27.3 Å². The number of pyridine rings is 1. The van der Waals surface area contributed by atoms with Crippen molar-refractivity contribution in [1.82, 2.24) is 9.71 Å². The molecule has 0 amide bonds. The van der Waals surface area contributed by atoms with E-state index in [1.54, 1.807) is 24.5 Å². The lowest BCUT2D eigenvalue weighted by atomic mass is 10.0. The normalized spacial score (nSPS) is 12.5. The van der Waals surface area contributed by atoms with Crippen molar-refractivity contribution in [2.75, 3.05) is 11.9 Å². The zero-order valence-corrected chi connectivity index (χ0v) is 17.0. The smallest absolute Gasteiger partial charge is 0.240 e. The lowest BCUT2D eigenvalue weighted by Crippen LogP contribution is -2.25. The number of hydrogen-bond donors (Lipinski definition) is 2. The highest BCUT2D eigenvalue weighted by molar-refractivity contribution is 7.89. The molecule has 28 heavy (non-hydrogen) atoms. The first-order valence-electron chi connectivity index (χ1n) is 8.95. The van der Waals surface area contributed by atoms with Gasteiger partial charge in [-0.2, -0.15) is 0 Å². The lowest BCUT2D eigenvalue weighted by Gasteiger charge is -2.16. The van der Waals surface area contributed by atoms with Crippen LogP contribution in [0.4, 0.5) is 5.69 Å². The van der Waals surface area contributed by atoms with Gasteiger partial charge in [0.15, 0.2) is 0 Å². The highest BCUT2D eigenvalue weighted by Crippen LogP contribution is 2.19. The summed E-state index contributed by atoms with van der Waals surface area (Å²) in [6.07, 6.45) is 4.12. The summed E-state index contributed by atoms with van der Waals surface area (Å²) in [5, 5.41) is 3.93. The fourth-order valence-corrected chi connectivity index (χ4v) is 3.94. The Morgan fingerprint density at radius 3 is 2.25 bits per heavy atom. The van der Waals surface area contributed by atoms with Gasteiger partial charge in [-0.25, -0.2) is 13.1 Å². The Kier molecular flexibility index (Phi) is 6.67. The maximum atomic E-state index is 12.3. The van der Waals surface area contributed by atoms with Crippen LogP contribution in [0.1, 0.15) is 24.1 Å². The standard InChI is InChI=1S/C21H22ClN3O2S/c1-16(25-20-11-13-23-14-12-20)18-4-2-17(3-5-18)10-15-24-28(26,27)21-8-6-19(22)7-9-21/h2-9,11-14,16,24H,10,15H2,1H3,(H,23,25). The average Bonchev–Trinajstić information content (AvgIpc) is 2.69. The Labute approximate surface area is 170 Å².